The number of benzene rings is 1. The average Bonchev–Trinajstić information content (AvgIpc) is 3.07. The lowest BCUT2D eigenvalue weighted by atomic mass is 10.2. The summed E-state index contributed by atoms with van der Waals surface area (Å²) in [5.41, 5.74) is -2.85. The van der Waals surface area contributed by atoms with Crippen LogP contribution in [-0.2, 0) is 78.1 Å². The summed E-state index contributed by atoms with van der Waals surface area (Å²) >= 11 is 0. The molecule has 0 aromatic heterocycles. The van der Waals surface area contributed by atoms with Crippen molar-refractivity contribution >= 4 is 47.8 Å². The molecular formula is C63H110N8O16. The van der Waals surface area contributed by atoms with E-state index in [0.717, 1.165) is 5.56 Å². The van der Waals surface area contributed by atoms with Gasteiger partial charge >= 0.3 is 47.8 Å². The molecule has 0 spiro atoms. The maximum Gasteiger partial charge on any atom is 0.320 e. The molecule has 498 valence electrons. The van der Waals surface area contributed by atoms with E-state index in [9.17, 15) is 43.5 Å². The number of aliphatic carboxylic acids is 1. The number of rotatable bonds is 18. The molecule has 2 fully saturated rings. The van der Waals surface area contributed by atoms with Gasteiger partial charge in [-0.1, -0.05) is 30.3 Å². The van der Waals surface area contributed by atoms with Crippen molar-refractivity contribution in [1.82, 2.24) is 39.2 Å². The van der Waals surface area contributed by atoms with Gasteiger partial charge in [0, 0.05) is 105 Å². The van der Waals surface area contributed by atoms with Crippen LogP contribution in [0.4, 0.5) is 0 Å². The lowest BCUT2D eigenvalue weighted by Gasteiger charge is -2.34. The zero-order chi connectivity index (χ0) is 66.0. The van der Waals surface area contributed by atoms with Crippen LogP contribution < -0.4 is 0 Å². The number of nitrogens with zero attached hydrogens (tertiary/aromatic N) is 8. The molecule has 0 amide bonds. The van der Waals surface area contributed by atoms with E-state index >= 15 is 0 Å². The Balaban J connectivity index is 0.000000602. The average molecular weight is 1240 g/mol. The van der Waals surface area contributed by atoms with Crippen molar-refractivity contribution in [3.63, 3.8) is 0 Å². The smallest absolute Gasteiger partial charge is 0.320 e. The van der Waals surface area contributed by atoms with Crippen LogP contribution in [0, 0.1) is 0 Å². The minimum absolute atomic E-state index is 0.0449. The fourth-order valence-electron chi connectivity index (χ4n) is 8.92. The summed E-state index contributed by atoms with van der Waals surface area (Å²) in [7, 11) is 0. The van der Waals surface area contributed by atoms with Crippen molar-refractivity contribution in [1.29, 1.82) is 0 Å². The van der Waals surface area contributed by atoms with Crippen LogP contribution >= 0.6 is 0 Å². The van der Waals surface area contributed by atoms with Crippen LogP contribution in [0.1, 0.15) is 130 Å². The second-order valence-electron chi connectivity index (χ2n) is 28.3. The van der Waals surface area contributed by atoms with Gasteiger partial charge in [0.05, 0.1) is 52.4 Å². The molecule has 24 nitrogen and oxygen atoms in total. The Kier molecular flexibility index (Phi) is 32.5. The Labute approximate surface area is 519 Å². The predicted molar refractivity (Wildman–Crippen MR) is 330 cm³/mol. The van der Waals surface area contributed by atoms with Gasteiger partial charge in [-0.25, -0.2) is 0 Å². The summed E-state index contributed by atoms with van der Waals surface area (Å²) in [6.07, 6.45) is 0. The molecule has 0 atom stereocenters. The number of carbonyl (C=O) groups excluding carboxylic acids is 7. The molecule has 0 aliphatic carbocycles. The molecule has 3 rings (SSSR count). The molecular weight excluding hydrogens is 1120 g/mol. The summed E-state index contributed by atoms with van der Waals surface area (Å²) in [5.74, 6) is -3.44. The van der Waals surface area contributed by atoms with Crippen molar-refractivity contribution in [2.24, 2.45) is 0 Å². The Morgan fingerprint density at radius 2 is 0.471 bits per heavy atom. The van der Waals surface area contributed by atoms with Gasteiger partial charge < -0.3 is 38.3 Å². The number of esters is 7. The van der Waals surface area contributed by atoms with E-state index in [2.05, 4.69) is 0 Å². The van der Waals surface area contributed by atoms with E-state index in [0.29, 0.717) is 105 Å². The van der Waals surface area contributed by atoms with Gasteiger partial charge in [0.15, 0.2) is 0 Å². The number of hydrogen-bond acceptors (Lipinski definition) is 23. The van der Waals surface area contributed by atoms with E-state index in [1.54, 1.807) is 46.4 Å². The first kappa shape index (κ1) is 77.8. The SMILES string of the molecule is CC(C)(C)OC(=O)CN1CCN(CC(=O)O)CCN(CC(=O)OC(C)(C)C)CCN(CC(=O)OC(C)(C)C)CC1.CC(C)(C)OC(=O)CN1CCN(CC(=O)OCc2ccccc2)CCN(CC(=O)OC(C)(C)C)CCN(CC(=O)OC(C)(C)C)CC1. The normalized spacial score (nSPS) is 17.7. The van der Waals surface area contributed by atoms with Crippen molar-refractivity contribution in [2.45, 2.75) is 165 Å². The van der Waals surface area contributed by atoms with Crippen molar-refractivity contribution in [3.8, 4) is 0 Å². The molecule has 1 aromatic carbocycles. The van der Waals surface area contributed by atoms with Gasteiger partial charge in [0.2, 0.25) is 0 Å². The highest BCUT2D eigenvalue weighted by atomic mass is 16.6. The first-order valence-corrected chi connectivity index (χ1v) is 30.5. The lowest BCUT2D eigenvalue weighted by Crippen LogP contribution is -2.50. The molecule has 24 heteroatoms. The molecule has 0 radical (unpaired) electrons. The third kappa shape index (κ3) is 41.5. The number of carbonyl (C=O) groups is 8. The molecule has 2 aliphatic heterocycles. The van der Waals surface area contributed by atoms with Crippen molar-refractivity contribution in [2.75, 3.05) is 157 Å². The van der Waals surface area contributed by atoms with Crippen molar-refractivity contribution in [3.05, 3.63) is 35.9 Å². The minimum Gasteiger partial charge on any atom is -0.480 e. The highest BCUT2D eigenvalue weighted by molar-refractivity contribution is 5.75. The number of hydrogen-bond donors (Lipinski definition) is 1. The van der Waals surface area contributed by atoms with Crippen LogP contribution in [-0.4, -0.2) is 283 Å². The van der Waals surface area contributed by atoms with E-state index in [-0.39, 0.29) is 101 Å². The fraction of sp³-hybridized carbons (Fsp3) is 0.778. The third-order valence-electron chi connectivity index (χ3n) is 12.5. The molecule has 2 saturated heterocycles. The van der Waals surface area contributed by atoms with Crippen LogP contribution in [0.5, 0.6) is 0 Å². The molecule has 0 bridgehead atoms. The second-order valence-corrected chi connectivity index (χ2v) is 28.3. The van der Waals surface area contributed by atoms with E-state index in [1.165, 1.54) is 0 Å². The van der Waals surface area contributed by atoms with Gasteiger partial charge in [0.1, 0.15) is 40.2 Å². The first-order chi connectivity index (χ1) is 40.0. The molecule has 0 saturated carbocycles. The highest BCUT2D eigenvalue weighted by Gasteiger charge is 2.29. The molecule has 87 heavy (non-hydrogen) atoms. The van der Waals surface area contributed by atoms with Gasteiger partial charge in [-0.3, -0.25) is 77.6 Å². The van der Waals surface area contributed by atoms with Gasteiger partial charge in [0.25, 0.3) is 0 Å². The number of ether oxygens (including phenoxy) is 7. The predicted octanol–water partition coefficient (Wildman–Crippen LogP) is 4.29. The van der Waals surface area contributed by atoms with E-state index < -0.39 is 39.6 Å². The molecule has 1 aromatic rings. The molecule has 1 N–H and O–H groups in total. The van der Waals surface area contributed by atoms with Gasteiger partial charge in [-0.15, -0.1) is 0 Å². The Morgan fingerprint density at radius 3 is 0.644 bits per heavy atom. The number of carboxylic acids is 1. The monoisotopic (exact) mass is 1230 g/mol. The Bertz CT molecular complexity index is 2210. The lowest BCUT2D eigenvalue weighted by molar-refractivity contribution is -0.158. The van der Waals surface area contributed by atoms with Crippen LogP contribution in [0.2, 0.25) is 0 Å². The summed E-state index contributed by atoms with van der Waals surface area (Å²) in [6, 6.07) is 9.50. The highest BCUT2D eigenvalue weighted by Crippen LogP contribution is 2.15. The quantitative estimate of drug-likeness (QED) is 0.159. The Hall–Kier alpha value is -5.34. The van der Waals surface area contributed by atoms with E-state index in [1.807, 2.05) is 148 Å². The summed E-state index contributed by atoms with van der Waals surface area (Å²) in [4.78, 5) is 116. The Morgan fingerprint density at radius 1 is 0.299 bits per heavy atom. The largest absolute Gasteiger partial charge is 0.480 e. The van der Waals surface area contributed by atoms with Crippen LogP contribution in [0.3, 0.4) is 0 Å². The minimum atomic E-state index is -0.951. The molecule has 0 unspecified atom stereocenters. The maximum absolute atomic E-state index is 12.9. The fourth-order valence-corrected chi connectivity index (χ4v) is 8.92. The van der Waals surface area contributed by atoms with Gasteiger partial charge in [-0.05, 0) is 130 Å². The van der Waals surface area contributed by atoms with E-state index in [4.69, 9.17) is 33.2 Å². The standard InChI is InChI=1S/C35H58N4O8.C28H52N4O8/c1-33(2,3)45-30(41)24-37-17-15-36(23-29(40)44-27-28-13-11-10-12-14-28)16-18-38(25-31(42)46-34(4,5)6)20-22-39(21-19-37)26-32(43)47-35(7,8)9;1-26(2,3)38-23(35)19-30-12-10-29(18-22(33)34)11-13-31(20-24(36)39-27(4,5)6)15-17-32(16-14-30)21-25(37)40-28(7,8)9/h10-14H,15-27H2,1-9H3;10-21H2,1-9H3,(H,33,34). The summed E-state index contributed by atoms with van der Waals surface area (Å²) in [5, 5.41) is 9.46. The molecule has 2 aliphatic rings. The van der Waals surface area contributed by atoms with Crippen LogP contribution in [0.15, 0.2) is 30.3 Å². The zero-order valence-electron chi connectivity index (χ0n) is 56.2. The van der Waals surface area contributed by atoms with Gasteiger partial charge in [-0.2, -0.15) is 0 Å². The molecule has 2 heterocycles. The summed E-state index contributed by atoms with van der Waals surface area (Å²) < 4.78 is 38.9. The first-order valence-electron chi connectivity index (χ1n) is 30.5. The third-order valence-corrected chi connectivity index (χ3v) is 12.5. The summed E-state index contributed by atoms with van der Waals surface area (Å²) in [6.45, 7) is 40.4. The second kappa shape index (κ2) is 36.4. The maximum atomic E-state index is 12.9. The zero-order valence-corrected chi connectivity index (χ0v) is 56.2. The number of carboxylic acid groups (broad SMARTS) is 1. The van der Waals surface area contributed by atoms with Crippen LogP contribution in [0.25, 0.3) is 0 Å². The van der Waals surface area contributed by atoms with Crippen molar-refractivity contribution < 1.29 is 76.6 Å². The topological polar surface area (TPSA) is 247 Å².